The van der Waals surface area contributed by atoms with Crippen LogP contribution in [-0.2, 0) is 4.79 Å². The van der Waals surface area contributed by atoms with Crippen molar-refractivity contribution < 1.29 is 19.0 Å². The van der Waals surface area contributed by atoms with Crippen molar-refractivity contribution in [3.8, 4) is 17.2 Å². The van der Waals surface area contributed by atoms with Crippen LogP contribution in [-0.4, -0.2) is 32.3 Å². The zero-order valence-corrected chi connectivity index (χ0v) is 15.9. The summed E-state index contributed by atoms with van der Waals surface area (Å²) in [5.74, 6) is 1.93. The van der Waals surface area contributed by atoms with Crippen LogP contribution in [0, 0.1) is 13.8 Å². The average Bonchev–Trinajstić information content (AvgIpc) is 2.65. The van der Waals surface area contributed by atoms with Gasteiger partial charge in [-0.05, 0) is 49.6 Å². The van der Waals surface area contributed by atoms with Gasteiger partial charge >= 0.3 is 0 Å². The Labute approximate surface area is 155 Å². The van der Waals surface area contributed by atoms with Crippen molar-refractivity contribution in [1.82, 2.24) is 5.32 Å². The first-order valence-corrected chi connectivity index (χ1v) is 8.82. The molecule has 5 heteroatoms. The zero-order chi connectivity index (χ0) is 18.9. The molecule has 140 valence electrons. The Balaban J connectivity index is 1.84. The molecule has 2 rings (SSSR count). The quantitative estimate of drug-likeness (QED) is 0.696. The van der Waals surface area contributed by atoms with Crippen LogP contribution in [0.25, 0.3) is 0 Å². The van der Waals surface area contributed by atoms with E-state index in [1.54, 1.807) is 7.11 Å². The Hall–Kier alpha value is -2.69. The lowest BCUT2D eigenvalue weighted by Gasteiger charge is -2.19. The standard InChI is InChI=1S/C21H27NO4/c1-5-17(26-20-14-15(2)10-11-16(20)3)21(23)22-12-13-25-19-9-7-6-8-18(19)24-4/h6-11,14,17H,5,12-13H2,1-4H3,(H,22,23). The van der Waals surface area contributed by atoms with E-state index in [1.165, 1.54) is 0 Å². The molecule has 0 aliphatic heterocycles. The van der Waals surface area contributed by atoms with Gasteiger partial charge in [0.1, 0.15) is 12.4 Å². The number of methoxy groups -OCH3 is 1. The lowest BCUT2D eigenvalue weighted by molar-refractivity contribution is -0.128. The number of benzene rings is 2. The van der Waals surface area contributed by atoms with Crippen molar-refractivity contribution in [2.75, 3.05) is 20.3 Å². The zero-order valence-electron chi connectivity index (χ0n) is 15.9. The van der Waals surface area contributed by atoms with Gasteiger partial charge in [-0.1, -0.05) is 31.2 Å². The van der Waals surface area contributed by atoms with Crippen LogP contribution in [0.4, 0.5) is 0 Å². The van der Waals surface area contributed by atoms with Gasteiger partial charge in [0.05, 0.1) is 13.7 Å². The number of aryl methyl sites for hydroxylation is 2. The van der Waals surface area contributed by atoms with Gasteiger partial charge in [0.2, 0.25) is 0 Å². The van der Waals surface area contributed by atoms with Gasteiger partial charge in [0.15, 0.2) is 17.6 Å². The molecule has 1 N–H and O–H groups in total. The first-order chi connectivity index (χ1) is 12.5. The maximum absolute atomic E-state index is 12.4. The predicted molar refractivity (Wildman–Crippen MR) is 102 cm³/mol. The van der Waals surface area contributed by atoms with Crippen LogP contribution in [0.2, 0.25) is 0 Å². The molecule has 0 saturated heterocycles. The third kappa shape index (κ3) is 5.41. The number of nitrogens with one attached hydrogen (secondary N) is 1. The van der Waals surface area contributed by atoms with Gasteiger partial charge in [0, 0.05) is 0 Å². The summed E-state index contributed by atoms with van der Waals surface area (Å²) in [5, 5.41) is 2.87. The molecule has 2 aromatic rings. The summed E-state index contributed by atoms with van der Waals surface area (Å²) in [5.41, 5.74) is 2.12. The van der Waals surface area contributed by atoms with Gasteiger partial charge in [-0.15, -0.1) is 0 Å². The van der Waals surface area contributed by atoms with E-state index in [1.807, 2.05) is 63.2 Å². The smallest absolute Gasteiger partial charge is 0.261 e. The molecule has 26 heavy (non-hydrogen) atoms. The summed E-state index contributed by atoms with van der Waals surface area (Å²) >= 11 is 0. The highest BCUT2D eigenvalue weighted by atomic mass is 16.5. The van der Waals surface area contributed by atoms with Gasteiger partial charge in [0.25, 0.3) is 5.91 Å². The minimum absolute atomic E-state index is 0.142. The first kappa shape index (κ1) is 19.6. The SMILES string of the molecule is CCC(Oc1cc(C)ccc1C)C(=O)NCCOc1ccccc1OC. The van der Waals surface area contributed by atoms with Crippen molar-refractivity contribution in [1.29, 1.82) is 0 Å². The largest absolute Gasteiger partial charge is 0.493 e. The number of ether oxygens (including phenoxy) is 3. The summed E-state index contributed by atoms with van der Waals surface area (Å²) in [6, 6.07) is 13.4. The van der Waals surface area contributed by atoms with Crippen LogP contribution in [0.3, 0.4) is 0 Å². The number of carbonyl (C=O) groups is 1. The molecule has 0 spiro atoms. The summed E-state index contributed by atoms with van der Waals surface area (Å²) < 4.78 is 16.8. The fourth-order valence-corrected chi connectivity index (χ4v) is 2.50. The summed E-state index contributed by atoms with van der Waals surface area (Å²) in [6.07, 6.45) is 0.0637. The average molecular weight is 357 g/mol. The fraction of sp³-hybridized carbons (Fsp3) is 0.381. The molecule has 1 unspecified atom stereocenters. The van der Waals surface area contributed by atoms with E-state index in [0.29, 0.717) is 31.1 Å². The highest BCUT2D eigenvalue weighted by molar-refractivity contribution is 5.81. The highest BCUT2D eigenvalue weighted by Crippen LogP contribution is 2.25. The first-order valence-electron chi connectivity index (χ1n) is 8.82. The molecule has 0 aromatic heterocycles. The fourth-order valence-electron chi connectivity index (χ4n) is 2.50. The van der Waals surface area contributed by atoms with E-state index in [9.17, 15) is 4.79 Å². The van der Waals surface area contributed by atoms with Crippen LogP contribution >= 0.6 is 0 Å². The number of carbonyl (C=O) groups excluding carboxylic acids is 1. The van der Waals surface area contributed by atoms with E-state index in [-0.39, 0.29) is 5.91 Å². The van der Waals surface area contributed by atoms with Crippen LogP contribution < -0.4 is 19.5 Å². The molecule has 0 radical (unpaired) electrons. The third-order valence-corrected chi connectivity index (χ3v) is 4.00. The minimum atomic E-state index is -0.526. The van der Waals surface area contributed by atoms with Crippen molar-refractivity contribution in [2.24, 2.45) is 0 Å². The van der Waals surface area contributed by atoms with E-state index in [2.05, 4.69) is 5.32 Å². The van der Waals surface area contributed by atoms with E-state index in [0.717, 1.165) is 16.9 Å². The van der Waals surface area contributed by atoms with Gasteiger partial charge in [-0.25, -0.2) is 0 Å². The molecule has 0 bridgehead atoms. The van der Waals surface area contributed by atoms with Gasteiger partial charge in [-0.2, -0.15) is 0 Å². The molecule has 0 saturated carbocycles. The van der Waals surface area contributed by atoms with Crippen LogP contribution in [0.5, 0.6) is 17.2 Å². The summed E-state index contributed by atoms with van der Waals surface area (Å²) in [7, 11) is 1.60. The van der Waals surface area contributed by atoms with Gasteiger partial charge < -0.3 is 19.5 Å². The third-order valence-electron chi connectivity index (χ3n) is 4.00. The molecule has 0 fully saturated rings. The molecular weight excluding hydrogens is 330 g/mol. The molecule has 0 aliphatic carbocycles. The number of hydrogen-bond acceptors (Lipinski definition) is 4. The monoisotopic (exact) mass is 357 g/mol. The number of rotatable bonds is 9. The Kier molecular flexibility index (Phi) is 7.33. The van der Waals surface area contributed by atoms with Crippen molar-refractivity contribution in [2.45, 2.75) is 33.3 Å². The van der Waals surface area contributed by atoms with Crippen LogP contribution in [0.1, 0.15) is 24.5 Å². The number of amides is 1. The molecule has 1 amide bonds. The van der Waals surface area contributed by atoms with Crippen molar-refractivity contribution in [3.63, 3.8) is 0 Å². The summed E-state index contributed by atoms with van der Waals surface area (Å²) in [4.78, 5) is 12.4. The molecule has 5 nitrogen and oxygen atoms in total. The van der Waals surface area contributed by atoms with Gasteiger partial charge in [-0.3, -0.25) is 4.79 Å². The number of hydrogen-bond donors (Lipinski definition) is 1. The van der Waals surface area contributed by atoms with Crippen molar-refractivity contribution in [3.05, 3.63) is 53.6 Å². The Bertz CT molecular complexity index is 730. The Morgan fingerprint density at radius 2 is 1.81 bits per heavy atom. The lowest BCUT2D eigenvalue weighted by Crippen LogP contribution is -2.39. The van der Waals surface area contributed by atoms with Crippen molar-refractivity contribution >= 4 is 5.91 Å². The second kappa shape index (κ2) is 9.70. The normalized spacial score (nSPS) is 11.5. The molecule has 2 aromatic carbocycles. The Morgan fingerprint density at radius 3 is 2.50 bits per heavy atom. The predicted octanol–water partition coefficient (Wildman–Crippen LogP) is 3.66. The summed E-state index contributed by atoms with van der Waals surface area (Å²) in [6.45, 7) is 6.65. The number of para-hydroxylation sites is 2. The van der Waals surface area contributed by atoms with Crippen LogP contribution in [0.15, 0.2) is 42.5 Å². The maximum atomic E-state index is 12.4. The Morgan fingerprint density at radius 1 is 1.08 bits per heavy atom. The highest BCUT2D eigenvalue weighted by Gasteiger charge is 2.19. The van der Waals surface area contributed by atoms with E-state index < -0.39 is 6.10 Å². The topological polar surface area (TPSA) is 56.8 Å². The second-order valence-corrected chi connectivity index (χ2v) is 6.07. The van der Waals surface area contributed by atoms with E-state index >= 15 is 0 Å². The molecule has 0 heterocycles. The maximum Gasteiger partial charge on any atom is 0.261 e. The lowest BCUT2D eigenvalue weighted by atomic mass is 10.1. The van der Waals surface area contributed by atoms with E-state index in [4.69, 9.17) is 14.2 Å². The second-order valence-electron chi connectivity index (χ2n) is 6.07. The molecule has 0 aliphatic rings. The minimum Gasteiger partial charge on any atom is -0.493 e. The molecule has 1 atom stereocenters. The molecular formula is C21H27NO4.